The molecule has 1 amide bonds. The van der Waals surface area contributed by atoms with Gasteiger partial charge in [-0.3, -0.25) is 4.79 Å². The van der Waals surface area contributed by atoms with E-state index in [1.54, 1.807) is 11.1 Å². The van der Waals surface area contributed by atoms with Gasteiger partial charge in [-0.1, -0.05) is 47.5 Å². The molecular formula is C25H20ClN5O. The maximum atomic E-state index is 13.5. The van der Waals surface area contributed by atoms with Crippen LogP contribution in [0, 0.1) is 6.92 Å². The van der Waals surface area contributed by atoms with Gasteiger partial charge in [0.1, 0.15) is 5.02 Å². The van der Waals surface area contributed by atoms with E-state index in [0.29, 0.717) is 28.9 Å². The smallest absolute Gasteiger partial charge is 0.258 e. The highest BCUT2D eigenvalue weighted by Gasteiger charge is 2.20. The minimum atomic E-state index is -0.0752. The molecule has 0 spiro atoms. The molecule has 0 saturated heterocycles. The lowest BCUT2D eigenvalue weighted by molar-refractivity contribution is 0.0985. The molecule has 5 rings (SSSR count). The Morgan fingerprint density at radius 1 is 0.969 bits per heavy atom. The predicted octanol–water partition coefficient (Wildman–Crippen LogP) is 6.09. The summed E-state index contributed by atoms with van der Waals surface area (Å²) in [5.74, 6) is 0.832. The average molecular weight is 442 g/mol. The van der Waals surface area contributed by atoms with Gasteiger partial charge in [0.05, 0.1) is 12.7 Å². The van der Waals surface area contributed by atoms with Crippen molar-refractivity contribution in [2.75, 3.05) is 15.5 Å². The topological polar surface area (TPSA) is 70.2 Å². The zero-order valence-corrected chi connectivity index (χ0v) is 18.1. The van der Waals surface area contributed by atoms with Crippen molar-refractivity contribution < 1.29 is 4.79 Å². The summed E-state index contributed by atoms with van der Waals surface area (Å²) in [6.45, 7) is 2.41. The number of halogens is 1. The number of aryl methyl sites for hydroxylation is 1. The van der Waals surface area contributed by atoms with Crippen molar-refractivity contribution in [3.8, 4) is 0 Å². The summed E-state index contributed by atoms with van der Waals surface area (Å²) in [4.78, 5) is 24.1. The van der Waals surface area contributed by atoms with E-state index in [4.69, 9.17) is 11.6 Å². The minimum Gasteiger partial charge on any atom is -0.339 e. The van der Waals surface area contributed by atoms with Crippen LogP contribution in [-0.2, 0) is 6.54 Å². The van der Waals surface area contributed by atoms with Crippen LogP contribution in [0.3, 0.4) is 0 Å². The van der Waals surface area contributed by atoms with E-state index < -0.39 is 0 Å². The first-order valence-corrected chi connectivity index (χ1v) is 10.6. The van der Waals surface area contributed by atoms with Gasteiger partial charge in [-0.05, 0) is 55.0 Å². The summed E-state index contributed by atoms with van der Waals surface area (Å²) in [7, 11) is 0. The monoisotopic (exact) mass is 441 g/mol. The largest absolute Gasteiger partial charge is 0.339 e. The predicted molar refractivity (Wildman–Crippen MR) is 128 cm³/mol. The molecule has 4 aromatic rings. The first kappa shape index (κ1) is 20.0. The minimum absolute atomic E-state index is 0.0752. The summed E-state index contributed by atoms with van der Waals surface area (Å²) < 4.78 is 0. The SMILES string of the molecule is Cc1ccc(C(=O)N2Cc3cccc(c3)Nc3ncc(Cl)c(n3)Nc3cccc2c3)cc1. The Bertz CT molecular complexity index is 1310. The quantitative estimate of drug-likeness (QED) is 0.374. The summed E-state index contributed by atoms with van der Waals surface area (Å²) in [5.41, 5.74) is 5.07. The molecule has 1 aliphatic rings. The van der Waals surface area contributed by atoms with Gasteiger partial charge < -0.3 is 15.5 Å². The number of nitrogens with one attached hydrogen (secondary N) is 2. The molecule has 7 heteroatoms. The molecular weight excluding hydrogens is 422 g/mol. The number of aromatic nitrogens is 2. The molecule has 0 unspecified atom stereocenters. The van der Waals surface area contributed by atoms with E-state index in [-0.39, 0.29) is 5.91 Å². The lowest BCUT2D eigenvalue weighted by Gasteiger charge is -2.24. The van der Waals surface area contributed by atoms with Crippen LogP contribution in [-0.4, -0.2) is 15.9 Å². The summed E-state index contributed by atoms with van der Waals surface area (Å²) in [5, 5.41) is 6.86. The van der Waals surface area contributed by atoms with Crippen LogP contribution in [0.25, 0.3) is 0 Å². The molecule has 1 aliphatic heterocycles. The Kier molecular flexibility index (Phi) is 5.21. The highest BCUT2D eigenvalue weighted by Crippen LogP contribution is 2.30. The second-order valence-electron chi connectivity index (χ2n) is 7.65. The van der Waals surface area contributed by atoms with Gasteiger partial charge in [0.25, 0.3) is 5.91 Å². The molecule has 6 nitrogen and oxygen atoms in total. The van der Waals surface area contributed by atoms with E-state index in [2.05, 4.69) is 20.6 Å². The molecule has 2 heterocycles. The van der Waals surface area contributed by atoms with Crippen LogP contribution < -0.4 is 15.5 Å². The molecule has 2 N–H and O–H groups in total. The van der Waals surface area contributed by atoms with Crippen LogP contribution in [0.15, 0.2) is 79.0 Å². The standard InChI is InChI=1S/C25H20ClN5O/c1-16-8-10-18(11-9-16)24(32)31-15-17-4-2-5-19(12-17)29-25-27-14-22(26)23(30-25)28-20-6-3-7-21(31)13-20/h2-14H,15H2,1H3,(H2,27,28,29,30). The number of hydrogen-bond donors (Lipinski definition) is 2. The van der Waals surface area contributed by atoms with Crippen LogP contribution >= 0.6 is 11.6 Å². The van der Waals surface area contributed by atoms with Gasteiger partial charge in [0.15, 0.2) is 5.82 Å². The molecule has 0 radical (unpaired) electrons. The first-order chi connectivity index (χ1) is 15.5. The lowest BCUT2D eigenvalue weighted by atomic mass is 10.1. The number of fused-ring (bicyclic) bond motifs is 6. The summed E-state index contributed by atoms with van der Waals surface area (Å²) in [6, 6.07) is 23.1. The maximum absolute atomic E-state index is 13.5. The van der Waals surface area contributed by atoms with Crippen molar-refractivity contribution in [2.45, 2.75) is 13.5 Å². The number of benzene rings is 3. The molecule has 3 aromatic carbocycles. The van der Waals surface area contributed by atoms with E-state index in [1.807, 2.05) is 79.7 Å². The molecule has 6 bridgehead atoms. The Morgan fingerprint density at radius 2 is 1.72 bits per heavy atom. The average Bonchev–Trinajstić information content (AvgIpc) is 2.80. The van der Waals surface area contributed by atoms with Crippen LogP contribution in [0.1, 0.15) is 21.5 Å². The molecule has 1 aromatic heterocycles. The van der Waals surface area contributed by atoms with Gasteiger partial charge in [0.2, 0.25) is 5.95 Å². The van der Waals surface area contributed by atoms with Gasteiger partial charge in [-0.25, -0.2) is 4.98 Å². The van der Waals surface area contributed by atoms with Crippen LogP contribution in [0.4, 0.5) is 28.8 Å². The summed E-state index contributed by atoms with van der Waals surface area (Å²) in [6.07, 6.45) is 1.56. The van der Waals surface area contributed by atoms with Crippen molar-refractivity contribution in [3.63, 3.8) is 0 Å². The fraction of sp³-hybridized carbons (Fsp3) is 0.0800. The third-order valence-electron chi connectivity index (χ3n) is 5.23. The zero-order chi connectivity index (χ0) is 22.1. The number of rotatable bonds is 1. The van der Waals surface area contributed by atoms with Gasteiger partial charge >= 0.3 is 0 Å². The molecule has 158 valence electrons. The molecule has 32 heavy (non-hydrogen) atoms. The fourth-order valence-electron chi connectivity index (χ4n) is 3.59. The van der Waals surface area contributed by atoms with E-state index in [1.165, 1.54) is 0 Å². The van der Waals surface area contributed by atoms with E-state index in [0.717, 1.165) is 28.2 Å². The lowest BCUT2D eigenvalue weighted by Crippen LogP contribution is -2.30. The normalized spacial score (nSPS) is 12.5. The van der Waals surface area contributed by atoms with Crippen molar-refractivity contribution in [1.82, 2.24) is 9.97 Å². The maximum Gasteiger partial charge on any atom is 0.258 e. The number of carbonyl (C=O) groups is 1. The number of hydrogen-bond acceptors (Lipinski definition) is 5. The Labute approximate surface area is 190 Å². The van der Waals surface area contributed by atoms with Crippen molar-refractivity contribution in [3.05, 3.63) is 101 Å². The Balaban J connectivity index is 1.64. The van der Waals surface area contributed by atoms with Crippen LogP contribution in [0.5, 0.6) is 0 Å². The number of anilines is 5. The van der Waals surface area contributed by atoms with Gasteiger partial charge in [0, 0.05) is 22.6 Å². The molecule has 0 saturated carbocycles. The van der Waals surface area contributed by atoms with E-state index >= 15 is 0 Å². The number of carbonyl (C=O) groups excluding carboxylic acids is 1. The van der Waals surface area contributed by atoms with Crippen LogP contribution in [0.2, 0.25) is 5.02 Å². The zero-order valence-electron chi connectivity index (χ0n) is 17.3. The Hall–Kier alpha value is -3.90. The number of nitrogens with zero attached hydrogens (tertiary/aromatic N) is 3. The highest BCUT2D eigenvalue weighted by atomic mass is 35.5. The highest BCUT2D eigenvalue weighted by molar-refractivity contribution is 6.32. The van der Waals surface area contributed by atoms with Gasteiger partial charge in [-0.2, -0.15) is 4.98 Å². The second-order valence-corrected chi connectivity index (χ2v) is 8.06. The molecule has 0 aliphatic carbocycles. The third kappa shape index (κ3) is 4.13. The van der Waals surface area contributed by atoms with Crippen molar-refractivity contribution in [1.29, 1.82) is 0 Å². The second kappa shape index (κ2) is 8.32. The fourth-order valence-corrected chi connectivity index (χ4v) is 3.73. The Morgan fingerprint density at radius 3 is 2.53 bits per heavy atom. The van der Waals surface area contributed by atoms with Crippen molar-refractivity contribution >= 4 is 46.3 Å². The van der Waals surface area contributed by atoms with E-state index in [9.17, 15) is 4.79 Å². The molecule has 0 fully saturated rings. The third-order valence-corrected chi connectivity index (χ3v) is 5.51. The first-order valence-electron chi connectivity index (χ1n) is 10.2. The van der Waals surface area contributed by atoms with Crippen molar-refractivity contribution in [2.24, 2.45) is 0 Å². The number of amides is 1. The van der Waals surface area contributed by atoms with Gasteiger partial charge in [-0.15, -0.1) is 0 Å². The summed E-state index contributed by atoms with van der Waals surface area (Å²) >= 11 is 6.33. The molecule has 0 atom stereocenters.